The van der Waals surface area contributed by atoms with E-state index in [1.807, 2.05) is 6.92 Å². The Kier molecular flexibility index (Phi) is 5.41. The minimum absolute atomic E-state index is 0.0559. The van der Waals surface area contributed by atoms with Gasteiger partial charge < -0.3 is 19.7 Å². The largest absolute Gasteiger partial charge is 0.465 e. The standard InChI is InChI=1S/C18H20N2O6S/c1-18-8-7-15(22)20(18)13(10-27-18)17(24)26-9-14(21)19-12-5-3-11(4-6-12)16(23)25-2/h3-6,13H,7-10H2,1-2H3,(H,19,21)/t13-,18-/m1/s1. The number of carbonyl (C=O) groups excluding carboxylic acids is 4. The Morgan fingerprint density at radius 1 is 1.30 bits per heavy atom. The molecule has 2 heterocycles. The zero-order valence-electron chi connectivity index (χ0n) is 15.0. The third-order valence-corrected chi connectivity index (χ3v) is 6.16. The van der Waals surface area contributed by atoms with E-state index >= 15 is 0 Å². The second-order valence-corrected chi connectivity index (χ2v) is 7.99. The Morgan fingerprint density at radius 2 is 2.00 bits per heavy atom. The smallest absolute Gasteiger partial charge is 0.337 e. The van der Waals surface area contributed by atoms with Gasteiger partial charge in [0.05, 0.1) is 17.5 Å². The lowest BCUT2D eigenvalue weighted by atomic mass is 10.2. The monoisotopic (exact) mass is 392 g/mol. The zero-order valence-corrected chi connectivity index (χ0v) is 15.8. The number of hydrogen-bond donors (Lipinski definition) is 1. The van der Waals surface area contributed by atoms with Gasteiger partial charge in [-0.1, -0.05) is 0 Å². The van der Waals surface area contributed by atoms with E-state index < -0.39 is 30.5 Å². The van der Waals surface area contributed by atoms with Crippen LogP contribution in [0.4, 0.5) is 5.69 Å². The highest BCUT2D eigenvalue weighted by atomic mass is 32.2. The van der Waals surface area contributed by atoms with Gasteiger partial charge in [-0.05, 0) is 37.6 Å². The maximum absolute atomic E-state index is 12.3. The van der Waals surface area contributed by atoms with E-state index in [-0.39, 0.29) is 10.8 Å². The maximum atomic E-state index is 12.3. The summed E-state index contributed by atoms with van der Waals surface area (Å²) in [5.74, 6) is -1.13. The van der Waals surface area contributed by atoms with Crippen molar-refractivity contribution in [1.29, 1.82) is 0 Å². The number of nitrogens with zero attached hydrogens (tertiary/aromatic N) is 1. The lowest BCUT2D eigenvalue weighted by Crippen LogP contribution is -2.47. The zero-order chi connectivity index (χ0) is 19.6. The van der Waals surface area contributed by atoms with E-state index in [0.717, 1.165) is 0 Å². The van der Waals surface area contributed by atoms with Crippen molar-refractivity contribution < 1.29 is 28.7 Å². The SMILES string of the molecule is COC(=O)c1ccc(NC(=O)COC(=O)[C@H]2CS[C@]3(C)CCC(=O)N23)cc1. The van der Waals surface area contributed by atoms with Crippen LogP contribution in [0.2, 0.25) is 0 Å². The number of hydrogen-bond acceptors (Lipinski definition) is 7. The predicted octanol–water partition coefficient (Wildman–Crippen LogP) is 1.41. The highest BCUT2D eigenvalue weighted by Gasteiger charge is 2.53. The summed E-state index contributed by atoms with van der Waals surface area (Å²) in [6.07, 6.45) is 1.14. The van der Waals surface area contributed by atoms with Crippen molar-refractivity contribution in [3.63, 3.8) is 0 Å². The summed E-state index contributed by atoms with van der Waals surface area (Å²) in [5.41, 5.74) is 0.821. The van der Waals surface area contributed by atoms with Gasteiger partial charge in [0.15, 0.2) is 6.61 Å². The van der Waals surface area contributed by atoms with Crippen LogP contribution < -0.4 is 5.32 Å². The van der Waals surface area contributed by atoms with Crippen molar-refractivity contribution in [2.45, 2.75) is 30.7 Å². The topological polar surface area (TPSA) is 102 Å². The van der Waals surface area contributed by atoms with Crippen molar-refractivity contribution in [3.8, 4) is 0 Å². The number of nitrogens with one attached hydrogen (secondary N) is 1. The minimum atomic E-state index is -0.651. The van der Waals surface area contributed by atoms with Crippen molar-refractivity contribution >= 4 is 41.2 Å². The third kappa shape index (κ3) is 3.92. The molecule has 0 unspecified atom stereocenters. The van der Waals surface area contributed by atoms with E-state index in [1.165, 1.54) is 19.2 Å². The van der Waals surface area contributed by atoms with Crippen LogP contribution in [0.3, 0.4) is 0 Å². The van der Waals surface area contributed by atoms with Crippen LogP contribution in [0.25, 0.3) is 0 Å². The molecule has 1 N–H and O–H groups in total. The van der Waals surface area contributed by atoms with Crippen LogP contribution in [-0.2, 0) is 23.9 Å². The molecule has 2 saturated heterocycles. The predicted molar refractivity (Wildman–Crippen MR) is 98.1 cm³/mol. The number of rotatable bonds is 5. The van der Waals surface area contributed by atoms with Gasteiger partial charge in [0.1, 0.15) is 6.04 Å². The summed E-state index contributed by atoms with van der Waals surface area (Å²) < 4.78 is 9.71. The molecule has 0 bridgehead atoms. The van der Waals surface area contributed by atoms with Crippen LogP contribution in [-0.4, -0.2) is 59.0 Å². The summed E-state index contributed by atoms with van der Waals surface area (Å²) >= 11 is 1.56. The normalized spacial score (nSPS) is 23.7. The fraction of sp³-hybridized carbons (Fsp3) is 0.444. The molecule has 8 nitrogen and oxygen atoms in total. The second-order valence-electron chi connectivity index (χ2n) is 6.49. The van der Waals surface area contributed by atoms with Crippen LogP contribution in [0.5, 0.6) is 0 Å². The second kappa shape index (κ2) is 7.59. The first kappa shape index (κ1) is 19.2. The molecule has 1 aromatic carbocycles. The summed E-state index contributed by atoms with van der Waals surface area (Å²) in [7, 11) is 1.29. The van der Waals surface area contributed by atoms with Gasteiger partial charge in [0, 0.05) is 17.9 Å². The number of anilines is 1. The molecular weight excluding hydrogens is 372 g/mol. The Labute approximate surface area is 160 Å². The lowest BCUT2D eigenvalue weighted by Gasteiger charge is -2.29. The van der Waals surface area contributed by atoms with Gasteiger partial charge in [0.25, 0.3) is 5.91 Å². The van der Waals surface area contributed by atoms with Crippen molar-refractivity contribution in [3.05, 3.63) is 29.8 Å². The number of esters is 2. The third-order valence-electron chi connectivity index (χ3n) is 4.65. The minimum Gasteiger partial charge on any atom is -0.465 e. The lowest BCUT2D eigenvalue weighted by molar-refractivity contribution is -0.155. The summed E-state index contributed by atoms with van der Waals surface area (Å²) in [4.78, 5) is 49.0. The molecule has 0 saturated carbocycles. The average molecular weight is 392 g/mol. The van der Waals surface area contributed by atoms with Gasteiger partial charge in [-0.25, -0.2) is 9.59 Å². The quantitative estimate of drug-likeness (QED) is 0.756. The molecule has 0 aliphatic carbocycles. The molecule has 2 aliphatic heterocycles. The van der Waals surface area contributed by atoms with Gasteiger partial charge in [-0.2, -0.15) is 0 Å². The fourth-order valence-electron chi connectivity index (χ4n) is 3.23. The molecule has 27 heavy (non-hydrogen) atoms. The number of amides is 2. The summed E-state index contributed by atoms with van der Waals surface area (Å²) in [6.45, 7) is 1.50. The molecule has 2 atom stereocenters. The first-order chi connectivity index (χ1) is 12.8. The van der Waals surface area contributed by atoms with E-state index in [9.17, 15) is 19.2 Å². The van der Waals surface area contributed by atoms with Crippen molar-refractivity contribution in [2.75, 3.05) is 24.8 Å². The van der Waals surface area contributed by atoms with Crippen LogP contribution in [0.1, 0.15) is 30.1 Å². The number of benzene rings is 1. The van der Waals surface area contributed by atoms with Gasteiger partial charge >= 0.3 is 11.9 Å². The van der Waals surface area contributed by atoms with Gasteiger partial charge in [0.2, 0.25) is 5.91 Å². The molecular formula is C18H20N2O6S. The first-order valence-corrected chi connectivity index (χ1v) is 9.43. The highest BCUT2D eigenvalue weighted by molar-refractivity contribution is 8.01. The van der Waals surface area contributed by atoms with E-state index in [4.69, 9.17) is 4.74 Å². The Morgan fingerprint density at radius 3 is 2.67 bits per heavy atom. The molecule has 2 amide bonds. The van der Waals surface area contributed by atoms with Crippen molar-refractivity contribution in [1.82, 2.24) is 4.90 Å². The van der Waals surface area contributed by atoms with E-state index in [0.29, 0.717) is 29.8 Å². The van der Waals surface area contributed by atoms with Crippen LogP contribution in [0.15, 0.2) is 24.3 Å². The average Bonchev–Trinajstić information content (AvgIpc) is 3.15. The van der Waals surface area contributed by atoms with E-state index in [1.54, 1.807) is 28.8 Å². The molecule has 144 valence electrons. The molecule has 9 heteroatoms. The molecule has 2 aliphatic rings. The van der Waals surface area contributed by atoms with Crippen molar-refractivity contribution in [2.24, 2.45) is 0 Å². The van der Waals surface area contributed by atoms with Gasteiger partial charge in [-0.15, -0.1) is 11.8 Å². The maximum Gasteiger partial charge on any atom is 0.337 e. The number of fused-ring (bicyclic) bond motifs is 1. The number of thioether (sulfide) groups is 1. The van der Waals surface area contributed by atoms with E-state index in [2.05, 4.69) is 10.1 Å². The molecule has 2 fully saturated rings. The van der Waals surface area contributed by atoms with Gasteiger partial charge in [-0.3, -0.25) is 9.59 Å². The molecule has 0 radical (unpaired) electrons. The molecule has 0 aromatic heterocycles. The highest BCUT2D eigenvalue weighted by Crippen LogP contribution is 2.47. The summed E-state index contributed by atoms with van der Waals surface area (Å²) in [5, 5.41) is 2.58. The molecule has 0 spiro atoms. The molecule has 1 aromatic rings. The Bertz CT molecular complexity index is 781. The number of carbonyl (C=O) groups is 4. The number of ether oxygens (including phenoxy) is 2. The number of methoxy groups -OCH3 is 1. The Hall–Kier alpha value is -2.55. The molecule has 3 rings (SSSR count). The Balaban J connectivity index is 1.51. The fourth-order valence-corrected chi connectivity index (χ4v) is 4.65. The summed E-state index contributed by atoms with van der Waals surface area (Å²) in [6, 6.07) is 5.48. The first-order valence-electron chi connectivity index (χ1n) is 8.45. The van der Waals surface area contributed by atoms with Crippen LogP contribution >= 0.6 is 11.8 Å². The van der Waals surface area contributed by atoms with Crippen LogP contribution in [0, 0.1) is 0 Å².